The first-order chi connectivity index (χ1) is 17.1. The van der Waals surface area contributed by atoms with Crippen molar-refractivity contribution in [1.29, 1.82) is 0 Å². The van der Waals surface area contributed by atoms with Crippen LogP contribution in [0.4, 0.5) is 0 Å². The number of esters is 1. The van der Waals surface area contributed by atoms with Crippen molar-refractivity contribution in [3.05, 3.63) is 47.5 Å². The van der Waals surface area contributed by atoms with Gasteiger partial charge in [-0.3, -0.25) is 19.3 Å². The van der Waals surface area contributed by atoms with Crippen LogP contribution in [0.25, 0.3) is 0 Å². The third-order valence-electron chi connectivity index (χ3n) is 5.97. The standard InChI is InChI=1S/C16H23NO4.C12H22O4/c1-4-16(2,3)13-7-5-12(6-8-13)9-17(10-14(18)19)11-15(20)21;1-6-12(4,5)11(13)14-7-8-15-16-9-10(2)3/h5-8H,4,9-11H2,1-3H3,(H,18,19)(H,20,21);2,6-9H2,1,3-5H3. The minimum Gasteiger partial charge on any atom is -0.480 e. The molecule has 0 aliphatic rings. The van der Waals surface area contributed by atoms with Gasteiger partial charge in [0.15, 0.2) is 0 Å². The van der Waals surface area contributed by atoms with E-state index in [2.05, 4.69) is 27.4 Å². The number of carbonyl (C=O) groups is 3. The molecule has 0 saturated heterocycles. The van der Waals surface area contributed by atoms with Gasteiger partial charge in [-0.15, -0.1) is 0 Å². The molecule has 0 atom stereocenters. The second kappa shape index (κ2) is 16.9. The Bertz CT molecular complexity index is 845. The van der Waals surface area contributed by atoms with Crippen molar-refractivity contribution in [2.75, 3.05) is 32.9 Å². The van der Waals surface area contributed by atoms with Crippen molar-refractivity contribution < 1.29 is 39.1 Å². The lowest BCUT2D eigenvalue weighted by Crippen LogP contribution is -2.34. The molecule has 1 rings (SSSR count). The fraction of sp³-hybridized carbons (Fsp3) is 0.607. The molecular weight excluding hydrogens is 478 g/mol. The lowest BCUT2D eigenvalue weighted by atomic mass is 9.82. The van der Waals surface area contributed by atoms with Crippen LogP contribution in [0, 0.1) is 5.41 Å². The Balaban J connectivity index is 0.000000730. The Kier molecular flexibility index (Phi) is 15.6. The average molecular weight is 524 g/mol. The highest BCUT2D eigenvalue weighted by Crippen LogP contribution is 2.26. The summed E-state index contributed by atoms with van der Waals surface area (Å²) >= 11 is 0. The van der Waals surface area contributed by atoms with Gasteiger partial charge in [0.25, 0.3) is 0 Å². The Labute approximate surface area is 221 Å². The molecular formula is C28H45NO8. The summed E-state index contributed by atoms with van der Waals surface area (Å²) in [5.74, 6) is -2.27. The maximum atomic E-state index is 11.5. The number of carboxylic acids is 2. The van der Waals surface area contributed by atoms with E-state index in [1.165, 1.54) is 10.5 Å². The molecule has 0 heterocycles. The topological polar surface area (TPSA) is 123 Å². The van der Waals surface area contributed by atoms with Crippen LogP contribution >= 0.6 is 0 Å². The van der Waals surface area contributed by atoms with E-state index in [9.17, 15) is 14.4 Å². The Morgan fingerprint density at radius 2 is 1.43 bits per heavy atom. The van der Waals surface area contributed by atoms with E-state index in [1.807, 2.05) is 52.0 Å². The number of ether oxygens (including phenoxy) is 1. The summed E-state index contributed by atoms with van der Waals surface area (Å²) in [5, 5.41) is 17.6. The van der Waals surface area contributed by atoms with Gasteiger partial charge in [0, 0.05) is 6.54 Å². The molecule has 0 radical (unpaired) electrons. The molecule has 37 heavy (non-hydrogen) atoms. The minimum absolute atomic E-state index is 0.0976. The number of hydrogen-bond donors (Lipinski definition) is 2. The van der Waals surface area contributed by atoms with E-state index in [0.717, 1.165) is 24.0 Å². The fourth-order valence-corrected chi connectivity index (χ4v) is 2.78. The molecule has 0 bridgehead atoms. The fourth-order valence-electron chi connectivity index (χ4n) is 2.78. The van der Waals surface area contributed by atoms with Gasteiger partial charge >= 0.3 is 17.9 Å². The second-order valence-electron chi connectivity index (χ2n) is 10.3. The predicted molar refractivity (Wildman–Crippen MR) is 142 cm³/mol. The first-order valence-electron chi connectivity index (χ1n) is 12.5. The van der Waals surface area contributed by atoms with Crippen molar-refractivity contribution >= 4 is 17.9 Å². The molecule has 9 nitrogen and oxygen atoms in total. The van der Waals surface area contributed by atoms with Crippen molar-refractivity contribution in [3.8, 4) is 0 Å². The molecule has 0 spiro atoms. The van der Waals surface area contributed by atoms with Crippen LogP contribution < -0.4 is 0 Å². The van der Waals surface area contributed by atoms with E-state index >= 15 is 0 Å². The Morgan fingerprint density at radius 1 is 0.892 bits per heavy atom. The van der Waals surface area contributed by atoms with E-state index in [4.69, 9.17) is 24.7 Å². The molecule has 210 valence electrons. The third kappa shape index (κ3) is 15.2. The first kappa shape index (κ1) is 34.2. The molecule has 1 aromatic rings. The lowest BCUT2D eigenvalue weighted by Gasteiger charge is -2.24. The van der Waals surface area contributed by atoms with Crippen LogP contribution in [-0.4, -0.2) is 65.9 Å². The number of hydrogen-bond acceptors (Lipinski definition) is 7. The summed E-state index contributed by atoms with van der Waals surface area (Å²) in [5.41, 5.74) is 2.67. The quantitative estimate of drug-likeness (QED) is 0.103. The smallest absolute Gasteiger partial charge is 0.317 e. The first-order valence-corrected chi connectivity index (χ1v) is 12.5. The zero-order chi connectivity index (χ0) is 28.6. The van der Waals surface area contributed by atoms with Crippen LogP contribution in [0.5, 0.6) is 0 Å². The van der Waals surface area contributed by atoms with E-state index in [-0.39, 0.29) is 37.7 Å². The van der Waals surface area contributed by atoms with Crippen LogP contribution in [0.3, 0.4) is 0 Å². The van der Waals surface area contributed by atoms with Gasteiger partial charge in [0.2, 0.25) is 0 Å². The van der Waals surface area contributed by atoms with E-state index in [0.29, 0.717) is 13.2 Å². The molecule has 0 fully saturated rings. The van der Waals surface area contributed by atoms with Crippen molar-refractivity contribution in [2.24, 2.45) is 5.41 Å². The van der Waals surface area contributed by atoms with Crippen molar-refractivity contribution in [3.63, 3.8) is 0 Å². The van der Waals surface area contributed by atoms with E-state index < -0.39 is 17.4 Å². The Hall–Kier alpha value is -2.75. The van der Waals surface area contributed by atoms with Crippen molar-refractivity contribution in [1.82, 2.24) is 4.90 Å². The number of aliphatic carboxylic acids is 2. The highest BCUT2D eigenvalue weighted by molar-refractivity contribution is 5.75. The third-order valence-corrected chi connectivity index (χ3v) is 5.97. The van der Waals surface area contributed by atoms with Gasteiger partial charge in [-0.2, -0.15) is 0 Å². The summed E-state index contributed by atoms with van der Waals surface area (Å²) < 4.78 is 5.04. The molecule has 0 amide bonds. The largest absolute Gasteiger partial charge is 0.480 e. The zero-order valence-electron chi connectivity index (χ0n) is 23.5. The average Bonchev–Trinajstić information content (AvgIpc) is 2.80. The maximum Gasteiger partial charge on any atom is 0.317 e. The minimum atomic E-state index is -1.03. The zero-order valence-corrected chi connectivity index (χ0v) is 23.5. The Morgan fingerprint density at radius 3 is 1.86 bits per heavy atom. The number of carbonyl (C=O) groups excluding carboxylic acids is 1. The van der Waals surface area contributed by atoms with Gasteiger partial charge in [0.1, 0.15) is 19.8 Å². The second-order valence-corrected chi connectivity index (χ2v) is 10.3. The van der Waals surface area contributed by atoms with Crippen LogP contribution in [0.15, 0.2) is 36.4 Å². The van der Waals surface area contributed by atoms with Gasteiger partial charge in [-0.25, -0.2) is 9.78 Å². The summed E-state index contributed by atoms with van der Waals surface area (Å²) in [6.45, 7) is 18.2. The number of rotatable bonds is 16. The number of benzene rings is 1. The lowest BCUT2D eigenvalue weighted by molar-refractivity contribution is -0.292. The number of carboxylic acid groups (broad SMARTS) is 2. The SMILES string of the molecule is C=C(C)COOCCOC(=O)C(C)(C)CC.CCC(C)(C)c1ccc(CN(CC(=O)O)CC(=O)O)cc1. The number of nitrogens with zero attached hydrogens (tertiary/aromatic N) is 1. The molecule has 2 N–H and O–H groups in total. The van der Waals surface area contributed by atoms with Crippen LogP contribution in [0.1, 0.15) is 72.4 Å². The summed E-state index contributed by atoms with van der Waals surface area (Å²) in [4.78, 5) is 44.0. The van der Waals surface area contributed by atoms with Crippen LogP contribution in [0.2, 0.25) is 0 Å². The summed E-state index contributed by atoms with van der Waals surface area (Å²) in [6.07, 6.45) is 1.77. The molecule has 0 aliphatic carbocycles. The summed E-state index contributed by atoms with van der Waals surface area (Å²) in [6, 6.07) is 7.92. The molecule has 9 heteroatoms. The molecule has 0 aliphatic heterocycles. The predicted octanol–water partition coefficient (Wildman–Crippen LogP) is 4.84. The van der Waals surface area contributed by atoms with Gasteiger partial charge in [0.05, 0.1) is 18.5 Å². The summed E-state index contributed by atoms with van der Waals surface area (Å²) in [7, 11) is 0. The molecule has 1 aromatic carbocycles. The van der Waals surface area contributed by atoms with Gasteiger partial charge < -0.3 is 14.9 Å². The highest BCUT2D eigenvalue weighted by Gasteiger charge is 2.26. The van der Waals surface area contributed by atoms with E-state index in [1.54, 1.807) is 0 Å². The molecule has 0 saturated carbocycles. The van der Waals surface area contributed by atoms with Gasteiger partial charge in [-0.1, -0.05) is 64.1 Å². The van der Waals surface area contributed by atoms with Crippen LogP contribution in [-0.2, 0) is 40.9 Å². The highest BCUT2D eigenvalue weighted by atomic mass is 17.2. The molecule has 0 aromatic heterocycles. The van der Waals surface area contributed by atoms with Gasteiger partial charge in [-0.05, 0) is 50.2 Å². The van der Waals surface area contributed by atoms with Crippen molar-refractivity contribution in [2.45, 2.75) is 73.3 Å². The molecule has 0 unspecified atom stereocenters. The maximum absolute atomic E-state index is 11.5. The monoisotopic (exact) mass is 523 g/mol. The normalized spacial score (nSPS) is 11.5.